The highest BCUT2D eigenvalue weighted by Crippen LogP contribution is 2.30. The lowest BCUT2D eigenvalue weighted by Gasteiger charge is -2.14. The number of methoxy groups -OCH3 is 2. The largest absolute Gasteiger partial charge is 0.497 e. The molecule has 9 heteroatoms. The average Bonchev–Trinajstić information content (AvgIpc) is 3.15. The third-order valence-corrected chi connectivity index (χ3v) is 5.78. The van der Waals surface area contributed by atoms with Crippen LogP contribution in [-0.2, 0) is 9.53 Å². The van der Waals surface area contributed by atoms with E-state index < -0.39 is 18.0 Å². The Kier molecular flexibility index (Phi) is 7.14. The van der Waals surface area contributed by atoms with Gasteiger partial charge in [-0.3, -0.25) is 4.79 Å². The lowest BCUT2D eigenvalue weighted by atomic mass is 10.2. The van der Waals surface area contributed by atoms with Crippen molar-refractivity contribution in [3.05, 3.63) is 58.1 Å². The Labute approximate surface area is 188 Å². The molecule has 31 heavy (non-hydrogen) atoms. The molecule has 1 atom stereocenters. The zero-order chi connectivity index (χ0) is 22.5. The maximum atomic E-state index is 12.6. The highest BCUT2D eigenvalue weighted by Gasteiger charge is 2.23. The first-order valence-corrected chi connectivity index (χ1v) is 10.5. The molecule has 0 spiro atoms. The molecule has 162 valence electrons. The van der Waals surface area contributed by atoms with E-state index in [1.807, 2.05) is 12.1 Å². The number of aryl methyl sites for hydroxylation is 1. The number of ether oxygens (including phenoxy) is 3. The normalized spacial score (nSPS) is 11.5. The number of nitrogens with zero attached hydrogens (tertiary/aromatic N) is 1. The summed E-state index contributed by atoms with van der Waals surface area (Å²) in [6.07, 6.45) is -1.02. The second kappa shape index (κ2) is 9.80. The molecular formula is C22H21ClN2O5S. The molecular weight excluding hydrogens is 440 g/mol. The van der Waals surface area contributed by atoms with Crippen molar-refractivity contribution in [3.8, 4) is 22.1 Å². The lowest BCUT2D eigenvalue weighted by molar-refractivity contribution is -0.123. The Morgan fingerprint density at radius 3 is 2.26 bits per heavy atom. The van der Waals surface area contributed by atoms with Gasteiger partial charge in [-0.25, -0.2) is 9.78 Å². The highest BCUT2D eigenvalue weighted by atomic mass is 35.5. The summed E-state index contributed by atoms with van der Waals surface area (Å²) < 4.78 is 15.7. The van der Waals surface area contributed by atoms with E-state index in [1.165, 1.54) is 32.5 Å². The first kappa shape index (κ1) is 22.6. The quantitative estimate of drug-likeness (QED) is 0.501. The van der Waals surface area contributed by atoms with Gasteiger partial charge in [0.2, 0.25) is 0 Å². The number of nitrogens with one attached hydrogen (secondary N) is 1. The van der Waals surface area contributed by atoms with Crippen molar-refractivity contribution >= 4 is 40.5 Å². The van der Waals surface area contributed by atoms with Crippen LogP contribution in [0.2, 0.25) is 5.02 Å². The number of thiazole rings is 1. The fourth-order valence-corrected chi connectivity index (χ4v) is 3.77. The fraction of sp³-hybridized carbons (Fsp3) is 0.227. The van der Waals surface area contributed by atoms with Gasteiger partial charge in [0.15, 0.2) is 6.10 Å². The van der Waals surface area contributed by atoms with Crippen LogP contribution in [-0.4, -0.2) is 37.2 Å². The van der Waals surface area contributed by atoms with Gasteiger partial charge >= 0.3 is 5.97 Å². The number of aromatic nitrogens is 1. The summed E-state index contributed by atoms with van der Waals surface area (Å²) in [6, 6.07) is 12.1. The fourth-order valence-electron chi connectivity index (χ4n) is 2.69. The molecule has 0 bridgehead atoms. The van der Waals surface area contributed by atoms with Gasteiger partial charge in [-0.05, 0) is 26.0 Å². The third-order valence-electron chi connectivity index (χ3n) is 4.35. The van der Waals surface area contributed by atoms with Crippen molar-refractivity contribution in [1.29, 1.82) is 0 Å². The predicted molar refractivity (Wildman–Crippen MR) is 120 cm³/mol. The van der Waals surface area contributed by atoms with Crippen LogP contribution in [0.3, 0.4) is 0 Å². The average molecular weight is 461 g/mol. The molecule has 1 aromatic heterocycles. The number of anilines is 1. The number of carbonyl (C=O) groups excluding carboxylic acids is 2. The Bertz CT molecular complexity index is 1080. The first-order chi connectivity index (χ1) is 14.8. The first-order valence-electron chi connectivity index (χ1n) is 9.29. The standard InChI is InChI=1S/C22H21ClN2O5S/c1-12-19(31-21(24-12)14-5-7-15(23)8-6-14)22(27)30-13(2)20(26)25-16-9-17(28-3)11-18(10-16)29-4/h5-11,13H,1-4H3,(H,25,26). The van der Waals surface area contributed by atoms with Crippen molar-refractivity contribution in [1.82, 2.24) is 4.98 Å². The van der Waals surface area contributed by atoms with Crippen LogP contribution < -0.4 is 14.8 Å². The van der Waals surface area contributed by atoms with Crippen molar-refractivity contribution in [2.24, 2.45) is 0 Å². The predicted octanol–water partition coefficient (Wildman–Crippen LogP) is 4.97. The second-order valence-electron chi connectivity index (χ2n) is 6.58. The Balaban J connectivity index is 1.69. The van der Waals surface area contributed by atoms with Gasteiger partial charge in [0.1, 0.15) is 21.4 Å². The van der Waals surface area contributed by atoms with Gasteiger partial charge in [0, 0.05) is 34.5 Å². The summed E-state index contributed by atoms with van der Waals surface area (Å²) in [5.41, 5.74) is 1.84. The van der Waals surface area contributed by atoms with Crippen molar-refractivity contribution < 1.29 is 23.8 Å². The zero-order valence-corrected chi connectivity index (χ0v) is 19.0. The molecule has 1 unspecified atom stereocenters. The molecule has 0 saturated heterocycles. The van der Waals surface area contributed by atoms with Gasteiger partial charge in [-0.1, -0.05) is 23.7 Å². The minimum absolute atomic E-state index is 0.340. The van der Waals surface area contributed by atoms with Crippen molar-refractivity contribution in [2.45, 2.75) is 20.0 Å². The van der Waals surface area contributed by atoms with E-state index in [0.29, 0.717) is 37.8 Å². The Morgan fingerprint density at radius 2 is 1.68 bits per heavy atom. The molecule has 1 amide bonds. The molecule has 3 rings (SSSR count). The SMILES string of the molecule is COc1cc(NC(=O)C(C)OC(=O)c2sc(-c3ccc(Cl)cc3)nc2C)cc(OC)c1. The lowest BCUT2D eigenvalue weighted by Crippen LogP contribution is -2.30. The van der Waals surface area contributed by atoms with Crippen LogP contribution in [0, 0.1) is 6.92 Å². The molecule has 0 fully saturated rings. The summed E-state index contributed by atoms with van der Waals surface area (Å²) in [4.78, 5) is 29.9. The van der Waals surface area contributed by atoms with Crippen LogP contribution in [0.4, 0.5) is 5.69 Å². The van der Waals surface area contributed by atoms with Crippen molar-refractivity contribution in [3.63, 3.8) is 0 Å². The van der Waals surface area contributed by atoms with E-state index >= 15 is 0 Å². The van der Waals surface area contributed by atoms with Gasteiger partial charge in [0.25, 0.3) is 5.91 Å². The summed E-state index contributed by atoms with van der Waals surface area (Å²) in [5.74, 6) is -0.0477. The summed E-state index contributed by atoms with van der Waals surface area (Å²) in [5, 5.41) is 3.98. The van der Waals surface area contributed by atoms with Crippen LogP contribution in [0.25, 0.3) is 10.6 Å². The smallest absolute Gasteiger partial charge is 0.351 e. The molecule has 2 aromatic carbocycles. The molecule has 0 radical (unpaired) electrons. The number of benzene rings is 2. The summed E-state index contributed by atoms with van der Waals surface area (Å²) in [6.45, 7) is 3.22. The molecule has 1 N–H and O–H groups in total. The van der Waals surface area contributed by atoms with Gasteiger partial charge in [0.05, 0.1) is 19.9 Å². The number of hydrogen-bond donors (Lipinski definition) is 1. The highest BCUT2D eigenvalue weighted by molar-refractivity contribution is 7.17. The van der Waals surface area contributed by atoms with Gasteiger partial charge in [-0.15, -0.1) is 11.3 Å². The molecule has 7 nitrogen and oxygen atoms in total. The van der Waals surface area contributed by atoms with Crippen molar-refractivity contribution in [2.75, 3.05) is 19.5 Å². The number of rotatable bonds is 7. The van der Waals surface area contributed by atoms with E-state index in [9.17, 15) is 9.59 Å². The molecule has 0 aliphatic heterocycles. The molecule has 0 aliphatic carbocycles. The summed E-state index contributed by atoms with van der Waals surface area (Å²) >= 11 is 7.12. The zero-order valence-electron chi connectivity index (χ0n) is 17.4. The van der Waals surface area contributed by atoms with Gasteiger partial charge in [-0.2, -0.15) is 0 Å². The van der Waals surface area contributed by atoms with E-state index in [4.69, 9.17) is 25.8 Å². The van der Waals surface area contributed by atoms with Crippen LogP contribution in [0.1, 0.15) is 22.3 Å². The molecule has 1 heterocycles. The van der Waals surface area contributed by atoms with E-state index in [0.717, 1.165) is 5.56 Å². The maximum absolute atomic E-state index is 12.6. The number of esters is 1. The monoisotopic (exact) mass is 460 g/mol. The van der Waals surface area contributed by atoms with Crippen LogP contribution in [0.5, 0.6) is 11.5 Å². The van der Waals surface area contributed by atoms with Crippen LogP contribution in [0.15, 0.2) is 42.5 Å². The maximum Gasteiger partial charge on any atom is 0.351 e. The third kappa shape index (κ3) is 5.53. The second-order valence-corrected chi connectivity index (χ2v) is 8.01. The van der Waals surface area contributed by atoms with Crippen LogP contribution >= 0.6 is 22.9 Å². The Morgan fingerprint density at radius 1 is 1.06 bits per heavy atom. The topological polar surface area (TPSA) is 86.8 Å². The van der Waals surface area contributed by atoms with E-state index in [1.54, 1.807) is 37.3 Å². The molecule has 0 saturated carbocycles. The number of hydrogen-bond acceptors (Lipinski definition) is 7. The number of carbonyl (C=O) groups is 2. The summed E-state index contributed by atoms with van der Waals surface area (Å²) in [7, 11) is 3.03. The molecule has 0 aliphatic rings. The number of amides is 1. The number of halogens is 1. The Hall–Kier alpha value is -3.10. The minimum Gasteiger partial charge on any atom is -0.497 e. The minimum atomic E-state index is -1.02. The van der Waals surface area contributed by atoms with E-state index in [-0.39, 0.29) is 0 Å². The van der Waals surface area contributed by atoms with Gasteiger partial charge < -0.3 is 19.5 Å². The molecule has 3 aromatic rings. The van der Waals surface area contributed by atoms with E-state index in [2.05, 4.69) is 10.3 Å².